The molecule has 5 heteroatoms. The van der Waals surface area contributed by atoms with E-state index in [1.807, 2.05) is 24.3 Å². The first-order valence-corrected chi connectivity index (χ1v) is 6.61. The number of benzene rings is 2. The van der Waals surface area contributed by atoms with Crippen molar-refractivity contribution in [3.63, 3.8) is 0 Å². The molecule has 5 N–H and O–H groups in total. The van der Waals surface area contributed by atoms with Crippen molar-refractivity contribution in [1.82, 2.24) is 0 Å². The van der Waals surface area contributed by atoms with Crippen molar-refractivity contribution in [3.8, 4) is 0 Å². The Morgan fingerprint density at radius 3 is 2.50 bits per heavy atom. The van der Waals surface area contributed by atoms with Gasteiger partial charge in [0, 0.05) is 22.9 Å². The molecule has 2 aromatic carbocycles. The minimum absolute atomic E-state index is 0.437. The SMILES string of the molecule is NC(=O)c1ccc(Cl)cc1NCCc1ccc(N)cc1. The zero-order valence-corrected chi connectivity index (χ0v) is 11.7. The van der Waals surface area contributed by atoms with Gasteiger partial charge in [0.2, 0.25) is 0 Å². The number of halogens is 1. The molecule has 1 amide bonds. The van der Waals surface area contributed by atoms with Crippen LogP contribution in [0.15, 0.2) is 42.5 Å². The molecule has 0 bridgehead atoms. The van der Waals surface area contributed by atoms with Crippen molar-refractivity contribution in [2.45, 2.75) is 6.42 Å². The number of anilines is 2. The number of nitrogens with one attached hydrogen (secondary N) is 1. The molecule has 4 nitrogen and oxygen atoms in total. The van der Waals surface area contributed by atoms with Crippen LogP contribution in [0.2, 0.25) is 5.02 Å². The van der Waals surface area contributed by atoms with Crippen molar-refractivity contribution in [2.75, 3.05) is 17.6 Å². The molecule has 0 aromatic heterocycles. The maximum absolute atomic E-state index is 11.3. The fraction of sp³-hybridized carbons (Fsp3) is 0.133. The number of hydrogen-bond acceptors (Lipinski definition) is 3. The molecule has 0 fully saturated rings. The molecule has 2 aromatic rings. The summed E-state index contributed by atoms with van der Waals surface area (Å²) >= 11 is 5.93. The standard InChI is InChI=1S/C15H16ClN3O/c16-11-3-6-13(15(18)20)14(9-11)19-8-7-10-1-4-12(17)5-2-10/h1-6,9,19H,7-8,17H2,(H2,18,20). The Morgan fingerprint density at radius 1 is 1.15 bits per heavy atom. The van der Waals surface area contributed by atoms with Gasteiger partial charge in [-0.05, 0) is 42.3 Å². The highest BCUT2D eigenvalue weighted by Crippen LogP contribution is 2.20. The monoisotopic (exact) mass is 289 g/mol. The van der Waals surface area contributed by atoms with Gasteiger partial charge in [-0.3, -0.25) is 4.79 Å². The van der Waals surface area contributed by atoms with Gasteiger partial charge in [-0.15, -0.1) is 0 Å². The first-order chi connectivity index (χ1) is 9.56. The Bertz CT molecular complexity index is 611. The zero-order chi connectivity index (χ0) is 14.5. The lowest BCUT2D eigenvalue weighted by atomic mass is 10.1. The van der Waals surface area contributed by atoms with Crippen LogP contribution in [-0.4, -0.2) is 12.5 Å². The molecule has 0 aliphatic carbocycles. The summed E-state index contributed by atoms with van der Waals surface area (Å²) in [6.07, 6.45) is 0.811. The molecular weight excluding hydrogens is 274 g/mol. The van der Waals surface area contributed by atoms with E-state index in [1.165, 1.54) is 0 Å². The van der Waals surface area contributed by atoms with Crippen LogP contribution in [-0.2, 0) is 6.42 Å². The van der Waals surface area contributed by atoms with Gasteiger partial charge < -0.3 is 16.8 Å². The van der Waals surface area contributed by atoms with Crippen molar-refractivity contribution >= 4 is 28.9 Å². The van der Waals surface area contributed by atoms with Gasteiger partial charge in [0.15, 0.2) is 0 Å². The summed E-state index contributed by atoms with van der Waals surface area (Å²) in [4.78, 5) is 11.3. The van der Waals surface area contributed by atoms with Gasteiger partial charge in [-0.2, -0.15) is 0 Å². The number of carbonyl (C=O) groups excluding carboxylic acids is 1. The summed E-state index contributed by atoms with van der Waals surface area (Å²) in [6, 6.07) is 12.6. The summed E-state index contributed by atoms with van der Waals surface area (Å²) < 4.78 is 0. The molecule has 2 rings (SSSR count). The second-order valence-electron chi connectivity index (χ2n) is 4.47. The van der Waals surface area contributed by atoms with Gasteiger partial charge in [-0.25, -0.2) is 0 Å². The number of carbonyl (C=O) groups is 1. The smallest absolute Gasteiger partial charge is 0.250 e. The molecule has 104 valence electrons. The Labute approximate surface area is 122 Å². The number of nitrogen functional groups attached to an aromatic ring is 1. The summed E-state index contributed by atoms with van der Waals surface area (Å²) in [7, 11) is 0. The predicted octanol–water partition coefficient (Wildman–Crippen LogP) is 2.68. The zero-order valence-electron chi connectivity index (χ0n) is 10.9. The molecule has 0 heterocycles. The maximum Gasteiger partial charge on any atom is 0.250 e. The lowest BCUT2D eigenvalue weighted by molar-refractivity contribution is 0.100. The van der Waals surface area contributed by atoms with E-state index in [0.717, 1.165) is 17.7 Å². The van der Waals surface area contributed by atoms with E-state index in [1.54, 1.807) is 18.2 Å². The van der Waals surface area contributed by atoms with E-state index < -0.39 is 5.91 Å². The average molecular weight is 290 g/mol. The van der Waals surface area contributed by atoms with E-state index in [-0.39, 0.29) is 0 Å². The van der Waals surface area contributed by atoms with Crippen LogP contribution in [0.3, 0.4) is 0 Å². The molecule has 0 radical (unpaired) electrons. The van der Waals surface area contributed by atoms with E-state index in [4.69, 9.17) is 23.1 Å². The highest BCUT2D eigenvalue weighted by Gasteiger charge is 2.08. The lowest BCUT2D eigenvalue weighted by Gasteiger charge is -2.10. The molecular formula is C15H16ClN3O. The quantitative estimate of drug-likeness (QED) is 0.740. The molecule has 0 atom stereocenters. The summed E-state index contributed by atoms with van der Waals surface area (Å²) in [6.45, 7) is 0.671. The third-order valence-corrected chi connectivity index (χ3v) is 3.19. The molecule has 0 aliphatic rings. The van der Waals surface area contributed by atoms with Gasteiger partial charge in [0.25, 0.3) is 5.91 Å². The van der Waals surface area contributed by atoms with Crippen LogP contribution in [0.1, 0.15) is 15.9 Å². The van der Waals surface area contributed by atoms with Crippen LogP contribution < -0.4 is 16.8 Å². The molecule has 0 saturated heterocycles. The lowest BCUT2D eigenvalue weighted by Crippen LogP contribution is -2.15. The first-order valence-electron chi connectivity index (χ1n) is 6.24. The summed E-state index contributed by atoms with van der Waals surface area (Å²) in [5.41, 5.74) is 14.0. The molecule has 20 heavy (non-hydrogen) atoms. The van der Waals surface area contributed by atoms with Gasteiger partial charge in [0.05, 0.1) is 5.56 Å². The van der Waals surface area contributed by atoms with Crippen LogP contribution in [0, 0.1) is 0 Å². The fourth-order valence-corrected chi connectivity index (χ4v) is 2.08. The Balaban J connectivity index is 2.02. The Kier molecular flexibility index (Phi) is 4.48. The third kappa shape index (κ3) is 3.65. The van der Waals surface area contributed by atoms with Crippen LogP contribution >= 0.6 is 11.6 Å². The highest BCUT2D eigenvalue weighted by molar-refractivity contribution is 6.31. The molecule has 0 unspecified atom stereocenters. The number of nitrogens with two attached hydrogens (primary N) is 2. The van der Waals surface area contributed by atoms with E-state index in [2.05, 4.69) is 5.32 Å². The van der Waals surface area contributed by atoms with Gasteiger partial charge in [0.1, 0.15) is 0 Å². The third-order valence-electron chi connectivity index (χ3n) is 2.96. The molecule has 0 spiro atoms. The maximum atomic E-state index is 11.3. The fourth-order valence-electron chi connectivity index (χ4n) is 1.90. The summed E-state index contributed by atoms with van der Waals surface area (Å²) in [5.74, 6) is -0.475. The largest absolute Gasteiger partial charge is 0.399 e. The van der Waals surface area contributed by atoms with Crippen molar-refractivity contribution in [2.24, 2.45) is 5.73 Å². The number of rotatable bonds is 5. The topological polar surface area (TPSA) is 81.1 Å². The van der Waals surface area contributed by atoms with Gasteiger partial charge in [-0.1, -0.05) is 23.7 Å². The van der Waals surface area contributed by atoms with Crippen molar-refractivity contribution in [1.29, 1.82) is 0 Å². The van der Waals surface area contributed by atoms with E-state index >= 15 is 0 Å². The normalized spacial score (nSPS) is 10.2. The molecule has 0 aliphatic heterocycles. The van der Waals surface area contributed by atoms with E-state index in [0.29, 0.717) is 22.8 Å². The molecule has 0 saturated carbocycles. The van der Waals surface area contributed by atoms with Crippen molar-refractivity contribution < 1.29 is 4.79 Å². The number of amides is 1. The van der Waals surface area contributed by atoms with Crippen LogP contribution in [0.25, 0.3) is 0 Å². The highest BCUT2D eigenvalue weighted by atomic mass is 35.5. The van der Waals surface area contributed by atoms with E-state index in [9.17, 15) is 4.79 Å². The minimum Gasteiger partial charge on any atom is -0.399 e. The Morgan fingerprint density at radius 2 is 1.85 bits per heavy atom. The van der Waals surface area contributed by atoms with Gasteiger partial charge >= 0.3 is 0 Å². The minimum atomic E-state index is -0.475. The predicted molar refractivity (Wildman–Crippen MR) is 83.0 cm³/mol. The second kappa shape index (κ2) is 6.30. The first kappa shape index (κ1) is 14.2. The summed E-state index contributed by atoms with van der Waals surface area (Å²) in [5, 5.41) is 3.74. The second-order valence-corrected chi connectivity index (χ2v) is 4.91. The van der Waals surface area contributed by atoms with Crippen LogP contribution in [0.5, 0.6) is 0 Å². The van der Waals surface area contributed by atoms with Crippen LogP contribution in [0.4, 0.5) is 11.4 Å². The van der Waals surface area contributed by atoms with Crippen molar-refractivity contribution in [3.05, 3.63) is 58.6 Å². The Hall–Kier alpha value is -2.20. The number of primary amides is 1. The number of hydrogen-bond donors (Lipinski definition) is 3. The average Bonchev–Trinajstić information content (AvgIpc) is 2.41.